The van der Waals surface area contributed by atoms with Gasteiger partial charge in [-0.3, -0.25) is 4.79 Å². The first-order valence-electron chi connectivity index (χ1n) is 11.1. The second-order valence-electron chi connectivity index (χ2n) is 8.06. The Morgan fingerprint density at radius 1 is 1.08 bits per heavy atom. The minimum Gasteiger partial charge on any atom is -0.476 e. The number of benzene rings is 3. The highest BCUT2D eigenvalue weighted by atomic mass is 35.5. The van der Waals surface area contributed by atoms with E-state index in [1.165, 1.54) is 24.9 Å². The molecule has 0 saturated heterocycles. The van der Waals surface area contributed by atoms with E-state index < -0.39 is 12.1 Å². The molecular formula is C27H19Cl2N3O5. The van der Waals surface area contributed by atoms with E-state index in [-0.39, 0.29) is 27.2 Å². The van der Waals surface area contributed by atoms with Gasteiger partial charge in [0.1, 0.15) is 5.58 Å². The van der Waals surface area contributed by atoms with Crippen LogP contribution in [0.3, 0.4) is 0 Å². The Morgan fingerprint density at radius 2 is 1.78 bits per heavy atom. The van der Waals surface area contributed by atoms with Crippen molar-refractivity contribution in [2.75, 3.05) is 7.11 Å². The molecule has 0 amide bonds. The highest BCUT2D eigenvalue weighted by Crippen LogP contribution is 2.35. The molecule has 186 valence electrons. The van der Waals surface area contributed by atoms with Crippen LogP contribution in [0.25, 0.3) is 33.5 Å². The molecule has 8 nitrogen and oxygen atoms in total. The van der Waals surface area contributed by atoms with E-state index in [9.17, 15) is 9.59 Å². The van der Waals surface area contributed by atoms with Gasteiger partial charge in [0, 0.05) is 5.39 Å². The van der Waals surface area contributed by atoms with Crippen molar-refractivity contribution in [3.8, 4) is 17.3 Å². The fourth-order valence-electron chi connectivity index (χ4n) is 3.76. The lowest BCUT2D eigenvalue weighted by Gasteiger charge is -2.15. The van der Waals surface area contributed by atoms with Crippen LogP contribution in [-0.4, -0.2) is 35.1 Å². The molecule has 5 aromatic rings. The zero-order valence-electron chi connectivity index (χ0n) is 19.6. The van der Waals surface area contributed by atoms with Crippen LogP contribution in [-0.2, 0) is 9.53 Å². The Balaban J connectivity index is 1.59. The van der Waals surface area contributed by atoms with Gasteiger partial charge in [0.15, 0.2) is 17.6 Å². The SMILES string of the molecule is COC(=O)[C@H](C)Oc1c(Cl)cc(C=Nn2c(-c3cc4ccccc4o3)nc3ccccc3c2=O)cc1Cl. The molecule has 0 N–H and O–H groups in total. The summed E-state index contributed by atoms with van der Waals surface area (Å²) in [5, 5.41) is 5.99. The van der Waals surface area contributed by atoms with Gasteiger partial charge in [-0.25, -0.2) is 9.78 Å². The number of carbonyl (C=O) groups is 1. The van der Waals surface area contributed by atoms with E-state index in [2.05, 4.69) is 14.8 Å². The van der Waals surface area contributed by atoms with Crippen molar-refractivity contribution in [3.05, 3.63) is 92.7 Å². The molecule has 0 aliphatic carbocycles. The molecule has 0 fully saturated rings. The summed E-state index contributed by atoms with van der Waals surface area (Å²) in [6.45, 7) is 1.52. The van der Waals surface area contributed by atoms with Crippen LogP contribution in [0.15, 0.2) is 81.0 Å². The zero-order valence-corrected chi connectivity index (χ0v) is 21.2. The maximum absolute atomic E-state index is 13.4. The summed E-state index contributed by atoms with van der Waals surface area (Å²) in [6.07, 6.45) is 0.517. The number of furan rings is 1. The van der Waals surface area contributed by atoms with Gasteiger partial charge in [-0.15, -0.1) is 0 Å². The van der Waals surface area contributed by atoms with Crippen LogP contribution in [0, 0.1) is 0 Å². The molecule has 0 saturated carbocycles. The van der Waals surface area contributed by atoms with Crippen molar-refractivity contribution >= 4 is 57.3 Å². The molecular weight excluding hydrogens is 517 g/mol. The Hall–Kier alpha value is -4.14. The first-order chi connectivity index (χ1) is 17.9. The predicted octanol–water partition coefficient (Wildman–Crippen LogP) is 5.94. The summed E-state index contributed by atoms with van der Waals surface area (Å²) in [7, 11) is 1.26. The van der Waals surface area contributed by atoms with E-state index in [4.69, 9.17) is 32.4 Å². The molecule has 0 unspecified atom stereocenters. The first kappa shape index (κ1) is 24.5. The largest absolute Gasteiger partial charge is 0.476 e. The molecule has 2 aromatic heterocycles. The average Bonchev–Trinajstić information content (AvgIpc) is 3.33. The monoisotopic (exact) mass is 535 g/mol. The molecule has 1 atom stereocenters. The molecule has 0 aliphatic rings. The number of para-hydroxylation sites is 2. The normalized spacial score (nSPS) is 12.3. The lowest BCUT2D eigenvalue weighted by atomic mass is 10.2. The van der Waals surface area contributed by atoms with Gasteiger partial charge in [-0.1, -0.05) is 53.5 Å². The summed E-state index contributed by atoms with van der Waals surface area (Å²) in [4.78, 5) is 29.8. The van der Waals surface area contributed by atoms with E-state index >= 15 is 0 Å². The average molecular weight is 536 g/mol. The summed E-state index contributed by atoms with van der Waals surface area (Å²) in [6, 6.07) is 19.4. The molecule has 2 heterocycles. The van der Waals surface area contributed by atoms with Crippen LogP contribution >= 0.6 is 23.2 Å². The van der Waals surface area contributed by atoms with E-state index in [0.717, 1.165) is 5.39 Å². The highest BCUT2D eigenvalue weighted by Gasteiger charge is 2.20. The minimum absolute atomic E-state index is 0.130. The number of hydrogen-bond donors (Lipinski definition) is 0. The third-order valence-corrected chi connectivity index (χ3v) is 6.13. The zero-order chi connectivity index (χ0) is 26.1. The molecule has 5 rings (SSSR count). The van der Waals surface area contributed by atoms with Gasteiger partial charge >= 0.3 is 5.97 Å². The van der Waals surface area contributed by atoms with E-state index in [1.54, 1.807) is 42.5 Å². The molecule has 0 bridgehead atoms. The predicted molar refractivity (Wildman–Crippen MR) is 143 cm³/mol. The number of halogens is 2. The minimum atomic E-state index is -0.909. The van der Waals surface area contributed by atoms with Gasteiger partial charge in [0.25, 0.3) is 5.56 Å². The third-order valence-electron chi connectivity index (χ3n) is 5.57. The van der Waals surface area contributed by atoms with Crippen LogP contribution in [0.4, 0.5) is 0 Å². The molecule has 0 radical (unpaired) electrons. The van der Waals surface area contributed by atoms with Gasteiger partial charge in [-0.2, -0.15) is 9.78 Å². The smallest absolute Gasteiger partial charge is 0.346 e. The first-order valence-corrected chi connectivity index (χ1v) is 11.9. The van der Waals surface area contributed by atoms with Gasteiger partial charge in [-0.05, 0) is 48.9 Å². The lowest BCUT2D eigenvalue weighted by molar-refractivity contribution is -0.147. The summed E-state index contributed by atoms with van der Waals surface area (Å²) in [5.74, 6) is 0.183. The molecule has 10 heteroatoms. The standard InChI is InChI=1S/C27H19Cl2N3O5/c1-15(27(34)35-2)36-24-19(28)11-16(12-20(24)29)14-30-32-25(23-13-17-7-3-6-10-22(17)37-23)31-21-9-5-4-8-18(21)26(32)33/h3-15H,1-2H3/t15-/m0/s1. The second-order valence-corrected chi connectivity index (χ2v) is 8.87. The molecule has 0 aliphatic heterocycles. The van der Waals surface area contributed by atoms with Gasteiger partial charge in [0.05, 0.1) is 34.3 Å². The number of carbonyl (C=O) groups excluding carboxylic acids is 1. The number of ether oxygens (including phenoxy) is 2. The summed E-state index contributed by atoms with van der Waals surface area (Å²) < 4.78 is 17.4. The van der Waals surface area contributed by atoms with Crippen molar-refractivity contribution in [2.24, 2.45) is 5.10 Å². The quantitative estimate of drug-likeness (QED) is 0.197. The van der Waals surface area contributed by atoms with Crippen molar-refractivity contribution in [1.29, 1.82) is 0 Å². The number of hydrogen-bond acceptors (Lipinski definition) is 7. The fraction of sp³-hybridized carbons (Fsp3) is 0.111. The van der Waals surface area contributed by atoms with Crippen LogP contribution < -0.4 is 10.3 Å². The fourth-order valence-corrected chi connectivity index (χ4v) is 4.36. The number of rotatable bonds is 6. The van der Waals surface area contributed by atoms with E-state index in [0.29, 0.717) is 27.8 Å². The van der Waals surface area contributed by atoms with E-state index in [1.807, 2.05) is 24.3 Å². The number of esters is 1. The maximum Gasteiger partial charge on any atom is 0.346 e. The number of aromatic nitrogens is 2. The molecule has 37 heavy (non-hydrogen) atoms. The number of methoxy groups -OCH3 is 1. The molecule has 0 spiro atoms. The summed E-state index contributed by atoms with van der Waals surface area (Å²) >= 11 is 12.7. The topological polar surface area (TPSA) is 95.9 Å². The Morgan fingerprint density at radius 3 is 2.51 bits per heavy atom. The Kier molecular flexibility index (Phi) is 6.69. The van der Waals surface area contributed by atoms with Crippen molar-refractivity contribution in [1.82, 2.24) is 9.66 Å². The van der Waals surface area contributed by atoms with Crippen LogP contribution in [0.1, 0.15) is 12.5 Å². The van der Waals surface area contributed by atoms with Crippen molar-refractivity contribution in [3.63, 3.8) is 0 Å². The van der Waals surface area contributed by atoms with Crippen LogP contribution in [0.2, 0.25) is 10.0 Å². The highest BCUT2D eigenvalue weighted by molar-refractivity contribution is 6.37. The Bertz CT molecular complexity index is 1690. The number of fused-ring (bicyclic) bond motifs is 2. The van der Waals surface area contributed by atoms with Gasteiger partial charge in [0.2, 0.25) is 5.82 Å². The summed E-state index contributed by atoms with van der Waals surface area (Å²) in [5.41, 5.74) is 1.29. The van der Waals surface area contributed by atoms with Crippen molar-refractivity contribution < 1.29 is 18.7 Å². The van der Waals surface area contributed by atoms with Crippen molar-refractivity contribution in [2.45, 2.75) is 13.0 Å². The molecule has 3 aromatic carbocycles. The van der Waals surface area contributed by atoms with Gasteiger partial charge < -0.3 is 13.9 Å². The lowest BCUT2D eigenvalue weighted by Crippen LogP contribution is -2.25. The number of nitrogens with zero attached hydrogens (tertiary/aromatic N) is 3. The Labute approximate surface area is 220 Å². The second kappa shape index (κ2) is 10.1. The third kappa shape index (κ3) is 4.81. The van der Waals surface area contributed by atoms with Crippen LogP contribution in [0.5, 0.6) is 5.75 Å². The maximum atomic E-state index is 13.4.